The van der Waals surface area contributed by atoms with E-state index in [0.717, 1.165) is 10.6 Å². The number of para-hydroxylation sites is 1. The van der Waals surface area contributed by atoms with E-state index in [1.54, 1.807) is 36.4 Å². The van der Waals surface area contributed by atoms with Crippen molar-refractivity contribution in [2.24, 2.45) is 0 Å². The van der Waals surface area contributed by atoms with E-state index in [4.69, 9.17) is 0 Å². The van der Waals surface area contributed by atoms with Gasteiger partial charge in [-0.25, -0.2) is 17.2 Å². The van der Waals surface area contributed by atoms with Crippen LogP contribution in [0.5, 0.6) is 0 Å². The Balaban J connectivity index is 1.72. The zero-order valence-corrected chi connectivity index (χ0v) is 17.0. The van der Waals surface area contributed by atoms with Gasteiger partial charge >= 0.3 is 0 Å². The molecule has 0 bridgehead atoms. The second-order valence-corrected chi connectivity index (χ2v) is 8.60. The molecule has 0 radical (unpaired) electrons. The number of anilines is 1. The van der Waals surface area contributed by atoms with Crippen molar-refractivity contribution in [3.63, 3.8) is 0 Å². The first-order valence-electron chi connectivity index (χ1n) is 9.08. The average molecular weight is 430 g/mol. The smallest absolute Gasteiger partial charge is 0.251 e. The molecule has 0 fully saturated rings. The Hall–Kier alpha value is -3.26. The van der Waals surface area contributed by atoms with E-state index in [2.05, 4.69) is 5.32 Å². The van der Waals surface area contributed by atoms with E-state index in [1.165, 1.54) is 36.4 Å². The van der Waals surface area contributed by atoms with Crippen LogP contribution in [0, 0.1) is 11.6 Å². The number of amides is 1. The molecule has 3 aromatic rings. The van der Waals surface area contributed by atoms with E-state index in [-0.39, 0.29) is 24.7 Å². The number of rotatable bonds is 7. The molecule has 0 saturated carbocycles. The molecule has 8 heteroatoms. The molecule has 0 aliphatic rings. The molecule has 0 heterocycles. The van der Waals surface area contributed by atoms with Gasteiger partial charge in [0, 0.05) is 17.7 Å². The third kappa shape index (κ3) is 5.21. The Morgan fingerprint density at radius 3 is 2.10 bits per heavy atom. The Labute approximate surface area is 174 Å². The fraction of sp³-hybridized carbons (Fsp3) is 0.136. The summed E-state index contributed by atoms with van der Waals surface area (Å²) >= 11 is 0. The molecule has 3 rings (SSSR count). The average Bonchev–Trinajstić information content (AvgIpc) is 2.71. The minimum atomic E-state index is -3.73. The molecule has 0 aliphatic heterocycles. The number of carbonyl (C=O) groups is 1. The highest BCUT2D eigenvalue weighted by Gasteiger charge is 2.21. The lowest BCUT2D eigenvalue weighted by Gasteiger charge is -2.23. The molecule has 1 N–H and O–H groups in total. The standard InChI is InChI=1S/C22H20F2N2O3S/c1-30(28,29)26(21-9-5-4-8-20(21)24)15-16-10-12-17(13-11-16)22(27)25-14-18-6-2-3-7-19(18)23/h2-13H,14-15H2,1H3,(H,25,27). The van der Waals surface area contributed by atoms with Crippen molar-refractivity contribution in [2.75, 3.05) is 10.6 Å². The fourth-order valence-corrected chi connectivity index (χ4v) is 3.77. The maximum absolute atomic E-state index is 14.1. The number of sulfonamides is 1. The minimum absolute atomic E-state index is 0.0440. The van der Waals surface area contributed by atoms with E-state index in [1.807, 2.05) is 0 Å². The van der Waals surface area contributed by atoms with Gasteiger partial charge in [0.25, 0.3) is 5.91 Å². The van der Waals surface area contributed by atoms with Crippen LogP contribution < -0.4 is 9.62 Å². The van der Waals surface area contributed by atoms with Crippen molar-refractivity contribution in [2.45, 2.75) is 13.1 Å². The summed E-state index contributed by atoms with van der Waals surface area (Å²) < 4.78 is 53.1. The van der Waals surface area contributed by atoms with Gasteiger partial charge in [0.05, 0.1) is 18.5 Å². The van der Waals surface area contributed by atoms with Crippen molar-refractivity contribution in [1.82, 2.24) is 5.32 Å². The van der Waals surface area contributed by atoms with Crippen molar-refractivity contribution >= 4 is 21.6 Å². The van der Waals surface area contributed by atoms with E-state index < -0.39 is 21.7 Å². The van der Waals surface area contributed by atoms with Gasteiger partial charge in [0.2, 0.25) is 10.0 Å². The van der Waals surface area contributed by atoms with Gasteiger partial charge in [-0.1, -0.05) is 42.5 Å². The molecule has 0 aliphatic carbocycles. The van der Waals surface area contributed by atoms with E-state index in [0.29, 0.717) is 16.7 Å². The Morgan fingerprint density at radius 1 is 0.900 bits per heavy atom. The summed E-state index contributed by atoms with van der Waals surface area (Å²) in [5.74, 6) is -1.44. The molecule has 0 saturated heterocycles. The molecule has 1 amide bonds. The first-order chi connectivity index (χ1) is 14.3. The first kappa shape index (κ1) is 21.4. The number of halogens is 2. The molecule has 3 aromatic carbocycles. The van der Waals surface area contributed by atoms with Gasteiger partial charge in [0.1, 0.15) is 11.6 Å². The van der Waals surface area contributed by atoms with Gasteiger partial charge in [-0.3, -0.25) is 9.10 Å². The van der Waals surface area contributed by atoms with Crippen LogP contribution in [0.3, 0.4) is 0 Å². The van der Waals surface area contributed by atoms with Crippen LogP contribution in [-0.2, 0) is 23.1 Å². The summed E-state index contributed by atoms with van der Waals surface area (Å²) in [6, 6.07) is 18.0. The van der Waals surface area contributed by atoms with Crippen LogP contribution in [0.2, 0.25) is 0 Å². The van der Waals surface area contributed by atoms with Crippen LogP contribution in [0.4, 0.5) is 14.5 Å². The Morgan fingerprint density at radius 2 is 1.50 bits per heavy atom. The zero-order valence-electron chi connectivity index (χ0n) is 16.2. The van der Waals surface area contributed by atoms with Gasteiger partial charge in [0.15, 0.2) is 0 Å². The van der Waals surface area contributed by atoms with Gasteiger partial charge in [-0.2, -0.15) is 0 Å². The number of carbonyl (C=O) groups excluding carboxylic acids is 1. The summed E-state index contributed by atoms with van der Waals surface area (Å²) in [6.07, 6.45) is 1.00. The molecule has 30 heavy (non-hydrogen) atoms. The first-order valence-corrected chi connectivity index (χ1v) is 10.9. The Kier molecular flexibility index (Phi) is 6.47. The largest absolute Gasteiger partial charge is 0.348 e. The van der Waals surface area contributed by atoms with Crippen LogP contribution >= 0.6 is 0 Å². The summed E-state index contributed by atoms with van der Waals surface area (Å²) in [5.41, 5.74) is 1.24. The minimum Gasteiger partial charge on any atom is -0.348 e. The molecule has 156 valence electrons. The van der Waals surface area contributed by atoms with Crippen molar-refractivity contribution in [3.8, 4) is 0 Å². The maximum atomic E-state index is 14.1. The molecular weight excluding hydrogens is 410 g/mol. The summed E-state index contributed by atoms with van der Waals surface area (Å²) in [6.45, 7) is -0.0424. The second-order valence-electron chi connectivity index (χ2n) is 6.69. The van der Waals surface area contributed by atoms with Crippen molar-refractivity contribution in [3.05, 3.63) is 101 Å². The molecular formula is C22H20F2N2O3S. The summed E-state index contributed by atoms with van der Waals surface area (Å²) in [5, 5.41) is 2.64. The maximum Gasteiger partial charge on any atom is 0.251 e. The number of nitrogens with one attached hydrogen (secondary N) is 1. The number of hydrogen-bond acceptors (Lipinski definition) is 3. The van der Waals surface area contributed by atoms with Crippen LogP contribution in [0.15, 0.2) is 72.8 Å². The fourth-order valence-electron chi connectivity index (χ4n) is 2.88. The molecule has 0 aromatic heterocycles. The topological polar surface area (TPSA) is 66.5 Å². The van der Waals surface area contributed by atoms with Crippen LogP contribution in [0.25, 0.3) is 0 Å². The monoisotopic (exact) mass is 430 g/mol. The predicted octanol–water partition coefficient (Wildman–Crippen LogP) is 3.86. The zero-order chi connectivity index (χ0) is 21.7. The lowest BCUT2D eigenvalue weighted by molar-refractivity contribution is 0.0950. The molecule has 5 nitrogen and oxygen atoms in total. The van der Waals surface area contributed by atoms with Crippen molar-refractivity contribution in [1.29, 1.82) is 0 Å². The highest BCUT2D eigenvalue weighted by atomic mass is 32.2. The number of nitrogens with zero attached hydrogens (tertiary/aromatic N) is 1. The SMILES string of the molecule is CS(=O)(=O)N(Cc1ccc(C(=O)NCc2ccccc2F)cc1)c1ccccc1F. The normalized spacial score (nSPS) is 11.2. The third-order valence-corrected chi connectivity index (χ3v) is 5.59. The van der Waals surface area contributed by atoms with Crippen LogP contribution in [0.1, 0.15) is 21.5 Å². The molecule has 0 atom stereocenters. The van der Waals surface area contributed by atoms with E-state index >= 15 is 0 Å². The van der Waals surface area contributed by atoms with Crippen molar-refractivity contribution < 1.29 is 22.0 Å². The van der Waals surface area contributed by atoms with E-state index in [9.17, 15) is 22.0 Å². The highest BCUT2D eigenvalue weighted by molar-refractivity contribution is 7.92. The molecule has 0 unspecified atom stereocenters. The number of hydrogen-bond donors (Lipinski definition) is 1. The summed E-state index contributed by atoms with van der Waals surface area (Å²) in [4.78, 5) is 12.3. The number of benzene rings is 3. The lowest BCUT2D eigenvalue weighted by Crippen LogP contribution is -2.30. The predicted molar refractivity (Wildman–Crippen MR) is 111 cm³/mol. The highest BCUT2D eigenvalue weighted by Crippen LogP contribution is 2.23. The third-order valence-electron chi connectivity index (χ3n) is 4.46. The lowest BCUT2D eigenvalue weighted by atomic mass is 10.1. The Bertz CT molecular complexity index is 1150. The summed E-state index contributed by atoms with van der Waals surface area (Å²) in [7, 11) is -3.73. The second kappa shape index (κ2) is 9.04. The van der Waals surface area contributed by atoms with Gasteiger partial charge in [-0.05, 0) is 35.9 Å². The van der Waals surface area contributed by atoms with Gasteiger partial charge in [-0.15, -0.1) is 0 Å². The van der Waals surface area contributed by atoms with Crippen LogP contribution in [-0.4, -0.2) is 20.6 Å². The van der Waals surface area contributed by atoms with Gasteiger partial charge < -0.3 is 5.32 Å². The quantitative estimate of drug-likeness (QED) is 0.619. The molecule has 0 spiro atoms.